The van der Waals surface area contributed by atoms with Crippen molar-refractivity contribution in [2.45, 2.75) is 37.4 Å². The van der Waals surface area contributed by atoms with Crippen LogP contribution in [0, 0.1) is 13.8 Å². The topological polar surface area (TPSA) is 125 Å². The molecule has 3 aromatic rings. The van der Waals surface area contributed by atoms with E-state index in [1.807, 2.05) is 32.4 Å². The molecule has 0 bridgehead atoms. The largest absolute Gasteiger partial charge is 0.322 e. The fraction of sp³-hybridized carbons (Fsp3) is 0.353. The Bertz CT molecular complexity index is 1160. The lowest BCUT2D eigenvalue weighted by atomic mass is 10.3. The van der Waals surface area contributed by atoms with E-state index in [1.54, 1.807) is 10.7 Å². The number of fused-ring (bicyclic) bond motifs is 1. The van der Waals surface area contributed by atoms with Crippen molar-refractivity contribution in [1.82, 2.24) is 19.3 Å². The minimum absolute atomic E-state index is 0.0116. The minimum atomic E-state index is -3.80. The normalized spacial score (nSPS) is 11.9. The third kappa shape index (κ3) is 3.91. The predicted molar refractivity (Wildman–Crippen MR) is 109 cm³/mol. The van der Waals surface area contributed by atoms with E-state index in [4.69, 9.17) is 5.14 Å². The number of thioether (sulfide) groups is 1. The summed E-state index contributed by atoms with van der Waals surface area (Å²) in [4.78, 5) is 16.9. The number of primary sulfonamides is 1. The van der Waals surface area contributed by atoms with Crippen LogP contribution < -0.4 is 10.5 Å². The highest BCUT2D eigenvalue weighted by atomic mass is 32.2. The molecule has 2 heterocycles. The van der Waals surface area contributed by atoms with Gasteiger partial charge in [-0.15, -0.1) is 0 Å². The molecule has 1 aromatic carbocycles. The molecule has 0 aliphatic rings. The van der Waals surface area contributed by atoms with E-state index in [9.17, 15) is 13.2 Å². The maximum Gasteiger partial charge on any atom is 0.238 e. The van der Waals surface area contributed by atoms with E-state index in [2.05, 4.69) is 15.4 Å². The molecular formula is C17H22N6O3S2. The second-order valence-electron chi connectivity index (χ2n) is 6.34. The summed E-state index contributed by atoms with van der Waals surface area (Å²) in [6.07, 6.45) is 0. The molecule has 0 radical (unpaired) electrons. The number of sulfonamides is 1. The Balaban J connectivity index is 1.80. The summed E-state index contributed by atoms with van der Waals surface area (Å²) >= 11 is 1.29. The quantitative estimate of drug-likeness (QED) is 0.584. The Morgan fingerprint density at radius 2 is 2.04 bits per heavy atom. The van der Waals surface area contributed by atoms with Gasteiger partial charge in [0.25, 0.3) is 0 Å². The number of nitrogens with zero attached hydrogens (tertiary/aromatic N) is 4. The summed E-state index contributed by atoms with van der Waals surface area (Å²) < 4.78 is 26.8. The summed E-state index contributed by atoms with van der Waals surface area (Å²) in [6, 6.07) is 4.59. The molecule has 0 fully saturated rings. The Labute approximate surface area is 167 Å². The summed E-state index contributed by atoms with van der Waals surface area (Å²) in [5, 5.41) is 13.0. The summed E-state index contributed by atoms with van der Waals surface area (Å²) in [5.74, 6) is 0.00298. The van der Waals surface area contributed by atoms with Crippen molar-refractivity contribution in [2.24, 2.45) is 12.2 Å². The highest BCUT2D eigenvalue weighted by Gasteiger charge is 2.17. The van der Waals surface area contributed by atoms with Gasteiger partial charge >= 0.3 is 0 Å². The van der Waals surface area contributed by atoms with Gasteiger partial charge in [0.2, 0.25) is 15.9 Å². The molecule has 9 nitrogen and oxygen atoms in total. The minimum Gasteiger partial charge on any atom is -0.322 e. The van der Waals surface area contributed by atoms with E-state index >= 15 is 0 Å². The molecular weight excluding hydrogens is 400 g/mol. The number of nitrogens with two attached hydrogens (primary N) is 1. The Morgan fingerprint density at radius 3 is 2.61 bits per heavy atom. The fourth-order valence-electron chi connectivity index (χ4n) is 2.94. The lowest BCUT2D eigenvalue weighted by Gasteiger charge is -2.07. The Kier molecular flexibility index (Phi) is 5.50. The zero-order chi connectivity index (χ0) is 20.6. The van der Waals surface area contributed by atoms with E-state index in [1.165, 1.54) is 23.9 Å². The molecule has 0 saturated heterocycles. The zero-order valence-corrected chi connectivity index (χ0v) is 17.7. The standard InChI is InChI=1S/C17H22N6O3S2/c1-5-23-14-7-6-12(28(18,25)26)8-13(14)19-17(23)27-9-15(24)20-16-10(2)21-22(4)11(16)3/h6-8H,5,9H2,1-4H3,(H,20,24)(H2,18,25,26). The molecule has 11 heteroatoms. The molecule has 0 unspecified atom stereocenters. The van der Waals surface area contributed by atoms with Gasteiger partial charge in [-0.25, -0.2) is 18.5 Å². The first-order valence-electron chi connectivity index (χ1n) is 8.57. The van der Waals surface area contributed by atoms with Crippen LogP contribution in [0.25, 0.3) is 11.0 Å². The predicted octanol–water partition coefficient (Wildman–Crippen LogP) is 1.78. The first-order chi connectivity index (χ1) is 13.1. The zero-order valence-electron chi connectivity index (χ0n) is 16.1. The molecule has 0 aliphatic carbocycles. The van der Waals surface area contributed by atoms with Crippen molar-refractivity contribution in [3.63, 3.8) is 0 Å². The summed E-state index contributed by atoms with van der Waals surface area (Å²) in [6.45, 7) is 6.33. The van der Waals surface area contributed by atoms with E-state index < -0.39 is 10.0 Å². The van der Waals surface area contributed by atoms with Gasteiger partial charge in [0.05, 0.1) is 38.8 Å². The van der Waals surface area contributed by atoms with Crippen LogP contribution in [0.2, 0.25) is 0 Å². The molecule has 0 spiro atoms. The number of anilines is 1. The molecule has 3 N–H and O–H groups in total. The van der Waals surface area contributed by atoms with Crippen LogP contribution in [0.1, 0.15) is 18.3 Å². The van der Waals surface area contributed by atoms with Gasteiger partial charge < -0.3 is 9.88 Å². The van der Waals surface area contributed by atoms with Gasteiger partial charge in [-0.05, 0) is 39.0 Å². The van der Waals surface area contributed by atoms with Crippen molar-refractivity contribution in [3.05, 3.63) is 29.6 Å². The van der Waals surface area contributed by atoms with Crippen molar-refractivity contribution in [1.29, 1.82) is 0 Å². The van der Waals surface area contributed by atoms with Crippen molar-refractivity contribution >= 4 is 44.4 Å². The molecule has 0 atom stereocenters. The monoisotopic (exact) mass is 422 g/mol. The SMILES string of the molecule is CCn1c(SCC(=O)Nc2c(C)nn(C)c2C)nc2cc(S(N)(=O)=O)ccc21. The van der Waals surface area contributed by atoms with Crippen molar-refractivity contribution < 1.29 is 13.2 Å². The molecule has 1 amide bonds. The highest BCUT2D eigenvalue weighted by molar-refractivity contribution is 7.99. The lowest BCUT2D eigenvalue weighted by molar-refractivity contribution is -0.113. The first-order valence-corrected chi connectivity index (χ1v) is 11.1. The van der Waals surface area contributed by atoms with E-state index in [0.717, 1.165) is 22.6 Å². The Morgan fingerprint density at radius 1 is 1.32 bits per heavy atom. The number of carbonyl (C=O) groups is 1. The number of carbonyl (C=O) groups excluding carboxylic acids is 1. The number of amides is 1. The van der Waals surface area contributed by atoms with Crippen LogP contribution in [-0.2, 0) is 28.4 Å². The molecule has 0 saturated carbocycles. The van der Waals surface area contributed by atoms with Crippen LogP contribution in [0.15, 0.2) is 28.3 Å². The molecule has 150 valence electrons. The van der Waals surface area contributed by atoms with Gasteiger partial charge in [-0.2, -0.15) is 5.10 Å². The lowest BCUT2D eigenvalue weighted by Crippen LogP contribution is -2.15. The van der Waals surface area contributed by atoms with E-state index in [-0.39, 0.29) is 16.6 Å². The van der Waals surface area contributed by atoms with Gasteiger partial charge in [0.15, 0.2) is 5.16 Å². The average molecular weight is 423 g/mol. The number of rotatable bonds is 6. The smallest absolute Gasteiger partial charge is 0.238 e. The number of aryl methyl sites for hydroxylation is 3. The molecule has 2 aromatic heterocycles. The van der Waals surface area contributed by atoms with Crippen molar-refractivity contribution in [2.75, 3.05) is 11.1 Å². The van der Waals surface area contributed by atoms with Gasteiger partial charge in [-0.3, -0.25) is 9.48 Å². The maximum atomic E-state index is 12.4. The second-order valence-corrected chi connectivity index (χ2v) is 8.84. The fourth-order valence-corrected chi connectivity index (χ4v) is 4.35. The maximum absolute atomic E-state index is 12.4. The second kappa shape index (κ2) is 7.57. The van der Waals surface area contributed by atoms with Crippen molar-refractivity contribution in [3.8, 4) is 0 Å². The number of benzene rings is 1. The number of hydrogen-bond donors (Lipinski definition) is 2. The highest BCUT2D eigenvalue weighted by Crippen LogP contribution is 2.26. The van der Waals surface area contributed by atoms with Crippen LogP contribution in [-0.4, -0.2) is 39.4 Å². The Hall–Kier alpha value is -2.37. The van der Waals surface area contributed by atoms with Gasteiger partial charge in [0, 0.05) is 13.6 Å². The third-order valence-electron chi connectivity index (χ3n) is 4.44. The molecule has 28 heavy (non-hydrogen) atoms. The first kappa shape index (κ1) is 20.4. The van der Waals surface area contributed by atoms with Crippen LogP contribution >= 0.6 is 11.8 Å². The van der Waals surface area contributed by atoms with Crippen LogP contribution in [0.3, 0.4) is 0 Å². The van der Waals surface area contributed by atoms with Gasteiger partial charge in [-0.1, -0.05) is 11.8 Å². The van der Waals surface area contributed by atoms with E-state index in [0.29, 0.717) is 17.2 Å². The number of hydrogen-bond acceptors (Lipinski definition) is 6. The summed E-state index contributed by atoms with van der Waals surface area (Å²) in [5.41, 5.74) is 3.67. The van der Waals surface area contributed by atoms with Crippen LogP contribution in [0.5, 0.6) is 0 Å². The van der Waals surface area contributed by atoms with Crippen LogP contribution in [0.4, 0.5) is 5.69 Å². The van der Waals surface area contributed by atoms with Gasteiger partial charge in [0.1, 0.15) is 0 Å². The number of imidazole rings is 1. The number of nitrogens with one attached hydrogen (secondary N) is 1. The molecule has 0 aliphatic heterocycles. The third-order valence-corrected chi connectivity index (χ3v) is 6.32. The number of aromatic nitrogens is 4. The summed E-state index contributed by atoms with van der Waals surface area (Å²) in [7, 11) is -1.97. The molecule has 3 rings (SSSR count). The average Bonchev–Trinajstić information content (AvgIpc) is 3.10.